The van der Waals surface area contributed by atoms with E-state index in [1.165, 1.54) is 6.26 Å². The maximum Gasteiger partial charge on any atom is 0.524 e. The van der Waals surface area contributed by atoms with E-state index >= 15 is 0 Å². The number of rotatable bonds is 2. The lowest BCUT2D eigenvalue weighted by atomic mass is 9.73. The zero-order chi connectivity index (χ0) is 12.5. The molecule has 15 heavy (non-hydrogen) atoms. The quantitative estimate of drug-likeness (QED) is 0.571. The predicted octanol–water partition coefficient (Wildman–Crippen LogP) is 3.07. The third-order valence-electron chi connectivity index (χ3n) is 1.92. The molecule has 90 valence electrons. The van der Waals surface area contributed by atoms with Gasteiger partial charge in [-0.1, -0.05) is 41.5 Å². The monoisotopic (exact) mass is 236 g/mol. The second kappa shape index (κ2) is 4.28. The summed E-state index contributed by atoms with van der Waals surface area (Å²) in [6.07, 6.45) is 1.20. The lowest BCUT2D eigenvalue weighted by molar-refractivity contribution is 0.247. The highest BCUT2D eigenvalue weighted by molar-refractivity contribution is 7.46. The number of hydrogen-bond donors (Lipinski definition) is 2. The molecule has 0 aliphatic rings. The van der Waals surface area contributed by atoms with Gasteiger partial charge < -0.3 is 4.52 Å². The Kier molecular flexibility index (Phi) is 4.19. The molecule has 0 saturated carbocycles. The molecule has 0 fully saturated rings. The van der Waals surface area contributed by atoms with E-state index < -0.39 is 7.82 Å². The van der Waals surface area contributed by atoms with Crippen molar-refractivity contribution in [1.29, 1.82) is 0 Å². The fourth-order valence-corrected chi connectivity index (χ4v) is 1.84. The van der Waals surface area contributed by atoms with Crippen molar-refractivity contribution in [2.24, 2.45) is 10.8 Å². The molecule has 5 heteroatoms. The summed E-state index contributed by atoms with van der Waals surface area (Å²) in [6, 6.07) is 0. The van der Waals surface area contributed by atoms with E-state index in [0.29, 0.717) is 0 Å². The third kappa shape index (κ3) is 5.98. The Balaban J connectivity index is 5.07. The summed E-state index contributed by atoms with van der Waals surface area (Å²) < 4.78 is 15.1. The van der Waals surface area contributed by atoms with Crippen LogP contribution in [0, 0.1) is 10.8 Å². The van der Waals surface area contributed by atoms with Gasteiger partial charge in [0.2, 0.25) is 0 Å². The third-order valence-corrected chi connectivity index (χ3v) is 2.30. The van der Waals surface area contributed by atoms with E-state index in [-0.39, 0.29) is 10.8 Å². The van der Waals surface area contributed by atoms with Crippen molar-refractivity contribution in [3.05, 3.63) is 11.8 Å². The van der Waals surface area contributed by atoms with Gasteiger partial charge >= 0.3 is 7.82 Å². The predicted molar refractivity (Wildman–Crippen MR) is 60.1 cm³/mol. The lowest BCUT2D eigenvalue weighted by Gasteiger charge is -2.33. The van der Waals surface area contributed by atoms with E-state index in [4.69, 9.17) is 9.79 Å². The van der Waals surface area contributed by atoms with Gasteiger partial charge in [-0.25, -0.2) is 4.57 Å². The van der Waals surface area contributed by atoms with Gasteiger partial charge in [0.15, 0.2) is 0 Å². The Bertz CT molecular complexity index is 272. The Hall–Kier alpha value is -0.310. The first-order valence-corrected chi connectivity index (χ1v) is 6.32. The largest absolute Gasteiger partial charge is 0.524 e. The fraction of sp³-hybridized carbons (Fsp3) is 0.800. The Morgan fingerprint density at radius 1 is 1.07 bits per heavy atom. The number of allylic oxidation sites excluding steroid dienone is 1. The van der Waals surface area contributed by atoms with Gasteiger partial charge in [-0.05, 0) is 16.4 Å². The van der Waals surface area contributed by atoms with E-state index in [0.717, 1.165) is 5.57 Å². The number of phosphoric acid groups is 1. The highest BCUT2D eigenvalue weighted by atomic mass is 31.2. The second-order valence-corrected chi connectivity index (χ2v) is 6.82. The maximum atomic E-state index is 10.6. The van der Waals surface area contributed by atoms with Crippen molar-refractivity contribution in [3.8, 4) is 0 Å². The molecule has 0 unspecified atom stereocenters. The zero-order valence-corrected chi connectivity index (χ0v) is 11.1. The summed E-state index contributed by atoms with van der Waals surface area (Å²) in [6.45, 7) is 11.9. The van der Waals surface area contributed by atoms with Gasteiger partial charge in [0.05, 0.1) is 6.26 Å². The molecular formula is C10H21O4P. The van der Waals surface area contributed by atoms with Crippen LogP contribution in [0.1, 0.15) is 41.5 Å². The van der Waals surface area contributed by atoms with E-state index in [9.17, 15) is 4.57 Å². The van der Waals surface area contributed by atoms with Gasteiger partial charge in [0.1, 0.15) is 0 Å². The molecule has 0 aromatic rings. The van der Waals surface area contributed by atoms with Gasteiger partial charge in [0.25, 0.3) is 0 Å². The first-order chi connectivity index (χ1) is 6.34. The van der Waals surface area contributed by atoms with E-state index in [1.54, 1.807) is 0 Å². The SMILES string of the molecule is CC(C)(C)C(=COP(=O)(O)O)C(C)(C)C. The van der Waals surface area contributed by atoms with Gasteiger partial charge in [0, 0.05) is 0 Å². The van der Waals surface area contributed by atoms with Crippen LogP contribution in [0.2, 0.25) is 0 Å². The van der Waals surface area contributed by atoms with Crippen LogP contribution in [0.15, 0.2) is 11.8 Å². The lowest BCUT2D eigenvalue weighted by Crippen LogP contribution is -2.22. The number of hydrogen-bond acceptors (Lipinski definition) is 2. The average molecular weight is 236 g/mol. The minimum absolute atomic E-state index is 0.187. The molecule has 0 bridgehead atoms. The molecule has 0 saturated heterocycles. The van der Waals surface area contributed by atoms with Crippen molar-refractivity contribution in [2.75, 3.05) is 0 Å². The minimum atomic E-state index is -4.44. The van der Waals surface area contributed by atoms with Crippen molar-refractivity contribution >= 4 is 7.82 Å². The van der Waals surface area contributed by atoms with Crippen molar-refractivity contribution < 1.29 is 18.9 Å². The Labute approximate surface area is 91.6 Å². The standard InChI is InChI=1S/C10H21O4P/c1-9(2,3)8(10(4,5)6)7-14-15(11,12)13/h7H,1-6H3,(H2,11,12,13). The summed E-state index contributed by atoms with van der Waals surface area (Å²) in [5.74, 6) is 0. The molecule has 0 rings (SSSR count). The molecule has 0 spiro atoms. The first kappa shape index (κ1) is 14.7. The van der Waals surface area contributed by atoms with Crippen LogP contribution in [0.4, 0.5) is 0 Å². The summed E-state index contributed by atoms with van der Waals surface area (Å²) in [5.41, 5.74) is 0.485. The van der Waals surface area contributed by atoms with Gasteiger partial charge in [-0.3, -0.25) is 9.79 Å². The zero-order valence-electron chi connectivity index (χ0n) is 10.2. The Morgan fingerprint density at radius 2 is 1.40 bits per heavy atom. The van der Waals surface area contributed by atoms with Crippen LogP contribution in [-0.2, 0) is 9.09 Å². The normalized spacial score (nSPS) is 13.6. The van der Waals surface area contributed by atoms with Gasteiger partial charge in [-0.2, -0.15) is 0 Å². The van der Waals surface area contributed by atoms with Crippen LogP contribution >= 0.6 is 7.82 Å². The van der Waals surface area contributed by atoms with Crippen LogP contribution < -0.4 is 0 Å². The van der Waals surface area contributed by atoms with E-state index in [2.05, 4.69) is 4.52 Å². The fourth-order valence-electron chi connectivity index (χ4n) is 1.60. The van der Waals surface area contributed by atoms with Crippen LogP contribution in [-0.4, -0.2) is 9.79 Å². The van der Waals surface area contributed by atoms with Crippen LogP contribution in [0.5, 0.6) is 0 Å². The first-order valence-electron chi connectivity index (χ1n) is 4.79. The summed E-state index contributed by atoms with van der Waals surface area (Å²) >= 11 is 0. The molecule has 0 atom stereocenters. The maximum absolute atomic E-state index is 10.6. The molecular weight excluding hydrogens is 215 g/mol. The molecule has 2 N–H and O–H groups in total. The average Bonchev–Trinajstić information content (AvgIpc) is 1.75. The highest BCUT2D eigenvalue weighted by Gasteiger charge is 2.29. The summed E-state index contributed by atoms with van der Waals surface area (Å²) in [5, 5.41) is 0. The number of phosphoric ester groups is 1. The van der Waals surface area contributed by atoms with Gasteiger partial charge in [-0.15, -0.1) is 0 Å². The van der Waals surface area contributed by atoms with Crippen molar-refractivity contribution in [2.45, 2.75) is 41.5 Å². The minimum Gasteiger partial charge on any atom is -0.412 e. The molecule has 0 heterocycles. The molecule has 0 aliphatic carbocycles. The summed E-state index contributed by atoms with van der Waals surface area (Å²) in [4.78, 5) is 17.3. The van der Waals surface area contributed by atoms with Crippen molar-refractivity contribution in [3.63, 3.8) is 0 Å². The molecule has 0 amide bonds. The van der Waals surface area contributed by atoms with Crippen LogP contribution in [0.25, 0.3) is 0 Å². The van der Waals surface area contributed by atoms with E-state index in [1.807, 2.05) is 41.5 Å². The Morgan fingerprint density at radius 3 is 1.60 bits per heavy atom. The molecule has 4 nitrogen and oxygen atoms in total. The topological polar surface area (TPSA) is 66.8 Å². The molecule has 0 aromatic carbocycles. The van der Waals surface area contributed by atoms with Crippen LogP contribution in [0.3, 0.4) is 0 Å². The van der Waals surface area contributed by atoms with Crippen molar-refractivity contribution in [1.82, 2.24) is 0 Å². The highest BCUT2D eigenvalue weighted by Crippen LogP contribution is 2.43. The summed E-state index contributed by atoms with van der Waals surface area (Å²) in [7, 11) is -4.44. The second-order valence-electron chi connectivity index (χ2n) is 5.63. The molecule has 0 aromatic heterocycles. The smallest absolute Gasteiger partial charge is 0.412 e. The molecule has 0 aliphatic heterocycles. The molecule has 0 radical (unpaired) electrons.